The normalized spacial score (nSPS) is 38.2. The fourth-order valence-corrected chi connectivity index (χ4v) is 1.92. The quantitative estimate of drug-likeness (QED) is 0.691. The third kappa shape index (κ3) is 2.94. The molecule has 2 rings (SSSR count). The van der Waals surface area contributed by atoms with Crippen LogP contribution in [0.25, 0.3) is 0 Å². The zero-order chi connectivity index (χ0) is 11.8. The Bertz CT molecular complexity index is 223. The van der Waals surface area contributed by atoms with Gasteiger partial charge in [0.2, 0.25) is 12.6 Å². The van der Waals surface area contributed by atoms with E-state index in [1.807, 2.05) is 0 Å². The summed E-state index contributed by atoms with van der Waals surface area (Å²) < 4.78 is 22.8. The molecule has 2 fully saturated rings. The van der Waals surface area contributed by atoms with Gasteiger partial charge in [0.25, 0.3) is 0 Å². The molecule has 0 unspecified atom stereocenters. The summed E-state index contributed by atoms with van der Waals surface area (Å²) in [5.41, 5.74) is -0.311. The zero-order valence-corrected chi connectivity index (χ0v) is 10.6. The highest BCUT2D eigenvalue weighted by Gasteiger charge is 2.40. The SMILES string of the molecule is CC1(C)CCO[C@H]([C@H]2OCCC(C)(C)O2)O1. The van der Waals surface area contributed by atoms with Crippen LogP contribution < -0.4 is 0 Å². The third-order valence-electron chi connectivity index (χ3n) is 3.07. The average Bonchev–Trinajstić information content (AvgIpc) is 2.14. The van der Waals surface area contributed by atoms with Crippen molar-refractivity contribution in [3.63, 3.8) is 0 Å². The summed E-state index contributed by atoms with van der Waals surface area (Å²) in [6, 6.07) is 0. The van der Waals surface area contributed by atoms with Gasteiger partial charge in [-0.15, -0.1) is 0 Å². The summed E-state index contributed by atoms with van der Waals surface area (Å²) >= 11 is 0. The molecule has 4 heteroatoms. The second-order valence-corrected chi connectivity index (χ2v) is 5.73. The monoisotopic (exact) mass is 230 g/mol. The van der Waals surface area contributed by atoms with E-state index in [4.69, 9.17) is 18.9 Å². The van der Waals surface area contributed by atoms with Gasteiger partial charge in [-0.2, -0.15) is 0 Å². The predicted octanol–water partition coefficient (Wildman–Crippen LogP) is 2.07. The Hall–Kier alpha value is -0.160. The minimum absolute atomic E-state index is 0.156. The van der Waals surface area contributed by atoms with Crippen LogP contribution in [0.15, 0.2) is 0 Å². The molecule has 94 valence electrons. The number of rotatable bonds is 1. The Balaban J connectivity index is 1.96. The van der Waals surface area contributed by atoms with E-state index in [9.17, 15) is 0 Å². The maximum absolute atomic E-state index is 5.83. The fourth-order valence-electron chi connectivity index (χ4n) is 1.92. The molecule has 2 aliphatic heterocycles. The summed E-state index contributed by atoms with van der Waals surface area (Å²) in [6.07, 6.45) is 1.01. The van der Waals surface area contributed by atoms with Gasteiger partial charge in [-0.25, -0.2) is 0 Å². The molecular formula is C12H22O4. The van der Waals surface area contributed by atoms with Crippen LogP contribution in [-0.4, -0.2) is 37.0 Å². The van der Waals surface area contributed by atoms with Crippen molar-refractivity contribution in [1.29, 1.82) is 0 Å². The third-order valence-corrected chi connectivity index (χ3v) is 3.07. The maximum Gasteiger partial charge on any atom is 0.209 e. The largest absolute Gasteiger partial charge is 0.348 e. The van der Waals surface area contributed by atoms with Crippen LogP contribution >= 0.6 is 0 Å². The Labute approximate surface area is 97.2 Å². The second-order valence-electron chi connectivity index (χ2n) is 5.73. The van der Waals surface area contributed by atoms with Crippen LogP contribution in [-0.2, 0) is 18.9 Å². The highest BCUT2D eigenvalue weighted by molar-refractivity contribution is 4.78. The molecule has 2 atom stereocenters. The highest BCUT2D eigenvalue weighted by Crippen LogP contribution is 2.31. The fraction of sp³-hybridized carbons (Fsp3) is 1.00. The predicted molar refractivity (Wildman–Crippen MR) is 59.0 cm³/mol. The molecule has 0 N–H and O–H groups in total. The van der Waals surface area contributed by atoms with Crippen molar-refractivity contribution in [2.45, 2.75) is 64.3 Å². The maximum atomic E-state index is 5.83. The second kappa shape index (κ2) is 4.26. The van der Waals surface area contributed by atoms with Crippen molar-refractivity contribution in [2.75, 3.05) is 13.2 Å². The van der Waals surface area contributed by atoms with E-state index >= 15 is 0 Å². The van der Waals surface area contributed by atoms with E-state index in [1.54, 1.807) is 0 Å². The van der Waals surface area contributed by atoms with E-state index in [1.165, 1.54) is 0 Å². The Morgan fingerprint density at radius 1 is 0.750 bits per heavy atom. The first kappa shape index (κ1) is 12.3. The molecule has 0 aromatic rings. The Morgan fingerprint density at radius 3 is 1.44 bits per heavy atom. The molecule has 0 aromatic heterocycles. The van der Waals surface area contributed by atoms with Crippen molar-refractivity contribution < 1.29 is 18.9 Å². The van der Waals surface area contributed by atoms with Gasteiger partial charge in [-0.3, -0.25) is 0 Å². The average molecular weight is 230 g/mol. The molecular weight excluding hydrogens is 208 g/mol. The first-order chi connectivity index (χ1) is 7.38. The molecule has 0 aliphatic carbocycles. The minimum Gasteiger partial charge on any atom is -0.348 e. The molecule has 16 heavy (non-hydrogen) atoms. The summed E-state index contributed by atoms with van der Waals surface area (Å²) in [6.45, 7) is 9.66. The van der Waals surface area contributed by atoms with Crippen LogP contribution in [0.1, 0.15) is 40.5 Å². The van der Waals surface area contributed by atoms with E-state index < -0.39 is 12.6 Å². The molecule has 2 saturated heterocycles. The van der Waals surface area contributed by atoms with Crippen LogP contribution in [0.2, 0.25) is 0 Å². The molecule has 0 radical (unpaired) electrons. The minimum atomic E-state index is -0.400. The van der Waals surface area contributed by atoms with Gasteiger partial charge in [-0.05, 0) is 40.5 Å². The van der Waals surface area contributed by atoms with Crippen molar-refractivity contribution in [1.82, 2.24) is 0 Å². The van der Waals surface area contributed by atoms with E-state index in [0.29, 0.717) is 13.2 Å². The van der Waals surface area contributed by atoms with Gasteiger partial charge in [0, 0.05) is 0 Å². The van der Waals surface area contributed by atoms with Crippen LogP contribution in [0.5, 0.6) is 0 Å². The van der Waals surface area contributed by atoms with Crippen LogP contribution in [0.4, 0.5) is 0 Å². The molecule has 0 bridgehead atoms. The van der Waals surface area contributed by atoms with Gasteiger partial charge in [0.15, 0.2) is 0 Å². The number of ether oxygens (including phenoxy) is 4. The molecule has 0 aromatic carbocycles. The zero-order valence-electron chi connectivity index (χ0n) is 10.6. The topological polar surface area (TPSA) is 36.9 Å². The first-order valence-corrected chi connectivity index (χ1v) is 5.97. The lowest BCUT2D eigenvalue weighted by Crippen LogP contribution is -2.51. The summed E-state index contributed by atoms with van der Waals surface area (Å²) in [7, 11) is 0. The van der Waals surface area contributed by atoms with Crippen LogP contribution in [0, 0.1) is 0 Å². The standard InChI is InChI=1S/C12H22O4/c1-11(2)5-7-13-9(15-11)10-14-8-6-12(3,4)16-10/h9-10H,5-8H2,1-4H3/t9-,10-/m0/s1. The lowest BCUT2D eigenvalue weighted by atomic mass is 10.0. The Kier molecular flexibility index (Phi) is 3.27. The van der Waals surface area contributed by atoms with Gasteiger partial charge < -0.3 is 18.9 Å². The van der Waals surface area contributed by atoms with Gasteiger partial charge >= 0.3 is 0 Å². The highest BCUT2D eigenvalue weighted by atomic mass is 16.8. The van der Waals surface area contributed by atoms with E-state index in [2.05, 4.69) is 27.7 Å². The molecule has 0 amide bonds. The van der Waals surface area contributed by atoms with E-state index in [0.717, 1.165) is 12.8 Å². The molecule has 4 nitrogen and oxygen atoms in total. The van der Waals surface area contributed by atoms with Crippen molar-refractivity contribution in [3.05, 3.63) is 0 Å². The summed E-state index contributed by atoms with van der Waals surface area (Å²) in [5.74, 6) is 0. The van der Waals surface area contributed by atoms with E-state index in [-0.39, 0.29) is 11.2 Å². The van der Waals surface area contributed by atoms with Gasteiger partial charge in [0.1, 0.15) is 0 Å². The molecule has 2 heterocycles. The van der Waals surface area contributed by atoms with Crippen LogP contribution in [0.3, 0.4) is 0 Å². The number of hydrogen-bond donors (Lipinski definition) is 0. The molecule has 0 spiro atoms. The van der Waals surface area contributed by atoms with Crippen molar-refractivity contribution >= 4 is 0 Å². The first-order valence-electron chi connectivity index (χ1n) is 5.97. The van der Waals surface area contributed by atoms with Gasteiger partial charge in [-0.1, -0.05) is 0 Å². The van der Waals surface area contributed by atoms with Crippen molar-refractivity contribution in [2.24, 2.45) is 0 Å². The number of hydrogen-bond acceptors (Lipinski definition) is 4. The summed E-state index contributed by atoms with van der Waals surface area (Å²) in [4.78, 5) is 0. The Morgan fingerprint density at radius 2 is 1.12 bits per heavy atom. The van der Waals surface area contributed by atoms with Crippen molar-refractivity contribution in [3.8, 4) is 0 Å². The lowest BCUT2D eigenvalue weighted by molar-refractivity contribution is -0.366. The summed E-state index contributed by atoms with van der Waals surface area (Å²) in [5, 5.41) is 0. The lowest BCUT2D eigenvalue weighted by Gasteiger charge is -2.43. The molecule has 0 saturated carbocycles. The molecule has 2 aliphatic rings. The van der Waals surface area contributed by atoms with Gasteiger partial charge in [0.05, 0.1) is 24.4 Å². The smallest absolute Gasteiger partial charge is 0.209 e.